The molecule has 2 N–H and O–H groups in total. The maximum Gasteiger partial charge on any atom is 0.471 e. The Morgan fingerprint density at radius 2 is 1.71 bits per heavy atom. The zero-order valence-electron chi connectivity index (χ0n) is 30.0. The van der Waals surface area contributed by atoms with Crippen molar-refractivity contribution in [2.75, 3.05) is 31.0 Å². The molecule has 2 atom stereocenters. The number of fused-ring (bicyclic) bond motifs is 4. The van der Waals surface area contributed by atoms with Crippen LogP contribution in [0.3, 0.4) is 0 Å². The molecule has 0 spiro atoms. The molecule has 0 saturated heterocycles. The van der Waals surface area contributed by atoms with Crippen molar-refractivity contribution in [1.82, 2.24) is 14.9 Å². The van der Waals surface area contributed by atoms with Crippen molar-refractivity contribution in [2.45, 2.75) is 103 Å². The maximum absolute atomic E-state index is 14.3. The predicted octanol–water partition coefficient (Wildman–Crippen LogP) is 6.49. The number of carbonyl (C=O) groups excluding carboxylic acids is 4. The Morgan fingerprint density at radius 1 is 1.04 bits per heavy atom. The monoisotopic (exact) mass is 738 g/mol. The lowest BCUT2D eigenvalue weighted by molar-refractivity contribution is -0.172. The third-order valence-corrected chi connectivity index (χ3v) is 9.44. The van der Waals surface area contributed by atoms with Crippen LogP contribution >= 0.6 is 0 Å². The van der Waals surface area contributed by atoms with Gasteiger partial charge in [-0.05, 0) is 57.9 Å². The van der Waals surface area contributed by atoms with E-state index in [1.165, 1.54) is 16.7 Å². The SMILES string of the molecule is COC(=O)Nc1ccc2c(c1)N(C(=O)C(F)(F)F)[C@@H](C(=O)OC)CCCC[C@H](NC(=O)OC(C)(C)C)c1nc-2c(C#N)n1COCC[Si](C)(C)C. The summed E-state index contributed by atoms with van der Waals surface area (Å²) in [5, 5.41) is 15.7. The van der Waals surface area contributed by atoms with Crippen LogP contribution in [0.5, 0.6) is 0 Å². The fraction of sp³-hybridized carbons (Fsp3) is 0.576. The molecule has 0 radical (unpaired) electrons. The summed E-state index contributed by atoms with van der Waals surface area (Å²) in [7, 11) is 0.526. The predicted molar refractivity (Wildman–Crippen MR) is 182 cm³/mol. The minimum absolute atomic E-state index is 0.0893. The third-order valence-electron chi connectivity index (χ3n) is 7.73. The number of carbonyl (C=O) groups is 4. The molecule has 2 heterocycles. The highest BCUT2D eigenvalue weighted by atomic mass is 28.3. The number of aromatic nitrogens is 2. The van der Waals surface area contributed by atoms with Crippen molar-refractivity contribution in [1.29, 1.82) is 5.26 Å². The molecule has 0 fully saturated rings. The summed E-state index contributed by atoms with van der Waals surface area (Å²) < 4.78 is 65.5. The van der Waals surface area contributed by atoms with Gasteiger partial charge in [0.05, 0.1) is 25.9 Å². The number of rotatable bonds is 8. The standard InChI is InChI=1S/C33H45F3N6O8Si/c1-32(2,3)50-31(46)39-22-11-9-10-12-23(28(43)47-4)42(29(44)33(34,35)36)24-17-20(38-30(45)48-5)13-14-21(24)26-25(18-37)41(27(22)40-26)19-49-15-16-51(6,7)8/h13-14,17,22-23H,9-12,15-16,19H2,1-8H3,(H,38,45)(H,39,46)/t22-,23+/m0/s1. The lowest BCUT2D eigenvalue weighted by atomic mass is 9.99. The Hall–Kier alpha value is -4.63. The second-order valence-corrected chi connectivity index (χ2v) is 19.7. The van der Waals surface area contributed by atoms with Crippen LogP contribution in [0, 0.1) is 11.3 Å². The number of halogens is 3. The number of alkyl carbamates (subject to hydrolysis) is 1. The number of benzene rings is 1. The van der Waals surface area contributed by atoms with Crippen LogP contribution in [-0.2, 0) is 35.3 Å². The van der Waals surface area contributed by atoms with Gasteiger partial charge in [0.2, 0.25) is 0 Å². The normalized spacial score (nSPS) is 16.8. The van der Waals surface area contributed by atoms with Crippen molar-refractivity contribution in [2.24, 2.45) is 0 Å². The molecule has 18 heteroatoms. The molecular formula is C33H45F3N6O8Si. The molecule has 0 saturated carbocycles. The van der Waals surface area contributed by atoms with E-state index in [9.17, 15) is 37.6 Å². The number of imidazole rings is 1. The number of hydrogen-bond acceptors (Lipinski definition) is 10. The number of alkyl halides is 3. The first-order chi connectivity index (χ1) is 23.7. The number of anilines is 2. The zero-order valence-corrected chi connectivity index (χ0v) is 31.0. The molecule has 0 aliphatic carbocycles. The van der Waals surface area contributed by atoms with E-state index in [-0.39, 0.29) is 65.8 Å². The molecule has 3 rings (SSSR count). The second kappa shape index (κ2) is 16.6. The van der Waals surface area contributed by atoms with Gasteiger partial charge in [-0.25, -0.2) is 19.4 Å². The number of nitrogens with one attached hydrogen (secondary N) is 2. The number of amides is 3. The summed E-state index contributed by atoms with van der Waals surface area (Å²) in [6.45, 7) is 11.7. The minimum Gasteiger partial charge on any atom is -0.467 e. The molecule has 1 aromatic carbocycles. The Labute approximate surface area is 295 Å². The number of methoxy groups -OCH3 is 2. The number of hydrogen-bond donors (Lipinski definition) is 2. The van der Waals surface area contributed by atoms with Gasteiger partial charge in [0.1, 0.15) is 41.7 Å². The van der Waals surface area contributed by atoms with Crippen molar-refractivity contribution in [3.8, 4) is 17.3 Å². The smallest absolute Gasteiger partial charge is 0.467 e. The molecule has 51 heavy (non-hydrogen) atoms. The highest BCUT2D eigenvalue weighted by molar-refractivity contribution is 6.76. The van der Waals surface area contributed by atoms with Gasteiger partial charge >= 0.3 is 30.2 Å². The van der Waals surface area contributed by atoms with Gasteiger partial charge in [-0.3, -0.25) is 19.6 Å². The van der Waals surface area contributed by atoms with Gasteiger partial charge in [0.15, 0.2) is 0 Å². The number of esters is 1. The Bertz CT molecular complexity index is 1640. The highest BCUT2D eigenvalue weighted by Crippen LogP contribution is 2.40. The molecule has 1 aromatic heterocycles. The third kappa shape index (κ3) is 10.9. The van der Waals surface area contributed by atoms with Crippen LogP contribution in [-0.4, -0.2) is 80.3 Å². The molecular weight excluding hydrogens is 693 g/mol. The fourth-order valence-corrected chi connectivity index (χ4v) is 6.08. The van der Waals surface area contributed by atoms with Crippen molar-refractivity contribution < 1.29 is 51.3 Å². The van der Waals surface area contributed by atoms with E-state index in [1.54, 1.807) is 20.8 Å². The van der Waals surface area contributed by atoms with Crippen LogP contribution in [0.1, 0.15) is 64.0 Å². The van der Waals surface area contributed by atoms with E-state index in [0.717, 1.165) is 26.3 Å². The van der Waals surface area contributed by atoms with E-state index in [2.05, 4.69) is 41.1 Å². The summed E-state index contributed by atoms with van der Waals surface area (Å²) >= 11 is 0. The molecule has 280 valence electrons. The topological polar surface area (TPSA) is 174 Å². The van der Waals surface area contributed by atoms with Crippen LogP contribution in [0.25, 0.3) is 11.3 Å². The van der Waals surface area contributed by atoms with Crippen LogP contribution in [0.2, 0.25) is 25.7 Å². The van der Waals surface area contributed by atoms with E-state index in [4.69, 9.17) is 19.2 Å². The van der Waals surface area contributed by atoms with E-state index in [0.29, 0.717) is 6.61 Å². The van der Waals surface area contributed by atoms with Crippen LogP contribution in [0.15, 0.2) is 18.2 Å². The van der Waals surface area contributed by atoms with Gasteiger partial charge in [-0.2, -0.15) is 18.4 Å². The summed E-state index contributed by atoms with van der Waals surface area (Å²) in [4.78, 5) is 56.6. The van der Waals surface area contributed by atoms with E-state index in [1.807, 2.05) is 0 Å². The molecule has 0 unspecified atom stereocenters. The lowest BCUT2D eigenvalue weighted by Gasteiger charge is -2.32. The minimum atomic E-state index is -5.46. The van der Waals surface area contributed by atoms with Crippen molar-refractivity contribution in [3.63, 3.8) is 0 Å². The van der Waals surface area contributed by atoms with Gasteiger partial charge < -0.3 is 24.3 Å². The molecule has 3 amide bonds. The first kappa shape index (κ1) is 40.8. The Balaban J connectivity index is 2.41. The average molecular weight is 739 g/mol. The van der Waals surface area contributed by atoms with Crippen LogP contribution < -0.4 is 15.5 Å². The van der Waals surface area contributed by atoms with E-state index >= 15 is 0 Å². The summed E-state index contributed by atoms with van der Waals surface area (Å²) in [6.07, 6.45) is -7.00. The Morgan fingerprint density at radius 3 is 2.27 bits per heavy atom. The summed E-state index contributed by atoms with van der Waals surface area (Å²) in [5.74, 6) is -3.36. The number of nitrogens with zero attached hydrogens (tertiary/aromatic N) is 4. The zero-order chi connectivity index (χ0) is 38.3. The first-order valence-electron chi connectivity index (χ1n) is 16.3. The van der Waals surface area contributed by atoms with Gasteiger partial charge in [-0.15, -0.1) is 0 Å². The molecule has 2 bridgehead atoms. The first-order valence-corrected chi connectivity index (χ1v) is 20.0. The van der Waals surface area contributed by atoms with Gasteiger partial charge in [-0.1, -0.05) is 32.5 Å². The lowest BCUT2D eigenvalue weighted by Crippen LogP contribution is -2.51. The van der Waals surface area contributed by atoms with Crippen LogP contribution in [0.4, 0.5) is 34.1 Å². The summed E-state index contributed by atoms with van der Waals surface area (Å²) in [5.41, 5.74) is -1.92. The molecule has 14 nitrogen and oxygen atoms in total. The largest absolute Gasteiger partial charge is 0.471 e. The Kier molecular flexibility index (Phi) is 13.3. The second-order valence-electron chi connectivity index (χ2n) is 14.1. The maximum atomic E-state index is 14.3. The van der Waals surface area contributed by atoms with Gasteiger partial charge in [0, 0.05) is 25.9 Å². The average Bonchev–Trinajstić information content (AvgIpc) is 3.39. The van der Waals surface area contributed by atoms with E-state index < -0.39 is 61.7 Å². The quantitative estimate of drug-likeness (QED) is 0.132. The molecule has 2 aromatic rings. The molecule has 1 aliphatic heterocycles. The number of nitriles is 1. The van der Waals surface area contributed by atoms with Crippen molar-refractivity contribution in [3.05, 3.63) is 29.7 Å². The number of ether oxygens (including phenoxy) is 4. The van der Waals surface area contributed by atoms with Gasteiger partial charge in [0.25, 0.3) is 0 Å². The highest BCUT2D eigenvalue weighted by Gasteiger charge is 2.48. The van der Waals surface area contributed by atoms with Crippen molar-refractivity contribution >= 4 is 43.5 Å². The fourth-order valence-electron chi connectivity index (χ4n) is 5.33. The summed E-state index contributed by atoms with van der Waals surface area (Å²) in [6, 6.07) is 3.81. The molecule has 1 aliphatic rings.